The standard InChI is InChI=1S/C11H15F2NO/c1-11(2,7-15)14(3)8-4-5-9(12)10(13)6-8/h4-6,15H,7H2,1-3H3. The molecular formula is C11H15F2NO. The Bertz CT molecular complexity index is 352. The number of hydrogen-bond donors (Lipinski definition) is 1. The molecule has 1 aromatic rings. The molecule has 0 aliphatic heterocycles. The number of likely N-dealkylation sites (N-methyl/N-ethyl adjacent to an activating group) is 1. The van der Waals surface area contributed by atoms with Crippen molar-refractivity contribution in [3.05, 3.63) is 29.8 Å². The number of rotatable bonds is 3. The maximum Gasteiger partial charge on any atom is 0.160 e. The molecule has 0 spiro atoms. The molecule has 0 unspecified atom stereocenters. The molecule has 84 valence electrons. The van der Waals surface area contributed by atoms with E-state index >= 15 is 0 Å². The molecule has 0 aliphatic carbocycles. The fourth-order valence-electron chi connectivity index (χ4n) is 1.15. The van der Waals surface area contributed by atoms with E-state index in [1.165, 1.54) is 6.07 Å². The summed E-state index contributed by atoms with van der Waals surface area (Å²) in [5, 5.41) is 9.14. The topological polar surface area (TPSA) is 23.5 Å². The Morgan fingerprint density at radius 1 is 1.27 bits per heavy atom. The zero-order valence-corrected chi connectivity index (χ0v) is 9.09. The molecule has 1 rings (SSSR count). The zero-order chi connectivity index (χ0) is 11.6. The fraction of sp³-hybridized carbons (Fsp3) is 0.455. The number of anilines is 1. The van der Waals surface area contributed by atoms with Crippen LogP contribution in [0.4, 0.5) is 14.5 Å². The minimum atomic E-state index is -0.881. The third kappa shape index (κ3) is 2.45. The summed E-state index contributed by atoms with van der Waals surface area (Å²) in [6.07, 6.45) is 0. The molecule has 0 amide bonds. The molecule has 4 heteroatoms. The van der Waals surface area contributed by atoms with Crippen LogP contribution in [-0.4, -0.2) is 24.3 Å². The largest absolute Gasteiger partial charge is 0.394 e. The van der Waals surface area contributed by atoms with Gasteiger partial charge in [-0.05, 0) is 26.0 Å². The number of hydrogen-bond acceptors (Lipinski definition) is 2. The van der Waals surface area contributed by atoms with E-state index < -0.39 is 17.2 Å². The lowest BCUT2D eigenvalue weighted by molar-refractivity contribution is 0.216. The maximum atomic E-state index is 13.0. The van der Waals surface area contributed by atoms with Gasteiger partial charge in [0, 0.05) is 18.8 Å². The Morgan fingerprint density at radius 3 is 2.33 bits per heavy atom. The summed E-state index contributed by atoms with van der Waals surface area (Å²) in [5.74, 6) is -1.75. The van der Waals surface area contributed by atoms with Crippen molar-refractivity contribution in [2.75, 3.05) is 18.6 Å². The van der Waals surface area contributed by atoms with Crippen molar-refractivity contribution >= 4 is 5.69 Å². The third-order valence-corrected chi connectivity index (χ3v) is 2.59. The molecule has 0 bridgehead atoms. The van der Waals surface area contributed by atoms with Crippen molar-refractivity contribution in [1.82, 2.24) is 0 Å². The van der Waals surface area contributed by atoms with E-state index in [0.29, 0.717) is 5.69 Å². The van der Waals surface area contributed by atoms with E-state index in [2.05, 4.69) is 0 Å². The first kappa shape index (κ1) is 11.9. The lowest BCUT2D eigenvalue weighted by atomic mass is 10.0. The lowest BCUT2D eigenvalue weighted by Crippen LogP contribution is -2.44. The van der Waals surface area contributed by atoms with E-state index in [0.717, 1.165) is 12.1 Å². The molecule has 0 saturated heterocycles. The van der Waals surface area contributed by atoms with Crippen molar-refractivity contribution in [1.29, 1.82) is 0 Å². The Balaban J connectivity index is 3.02. The van der Waals surface area contributed by atoms with E-state index in [9.17, 15) is 8.78 Å². The van der Waals surface area contributed by atoms with Crippen molar-refractivity contribution < 1.29 is 13.9 Å². The Hall–Kier alpha value is -1.16. The summed E-state index contributed by atoms with van der Waals surface area (Å²) in [5.41, 5.74) is 0.0255. The van der Waals surface area contributed by atoms with Crippen LogP contribution in [-0.2, 0) is 0 Å². The molecule has 0 heterocycles. The van der Waals surface area contributed by atoms with Crippen LogP contribution in [0.3, 0.4) is 0 Å². The number of aliphatic hydroxyl groups is 1. The van der Waals surface area contributed by atoms with Gasteiger partial charge in [-0.25, -0.2) is 8.78 Å². The molecule has 0 atom stereocenters. The molecule has 1 N–H and O–H groups in total. The summed E-state index contributed by atoms with van der Waals surface area (Å²) in [6, 6.07) is 3.68. The molecule has 15 heavy (non-hydrogen) atoms. The second-order valence-electron chi connectivity index (χ2n) is 4.13. The third-order valence-electron chi connectivity index (χ3n) is 2.59. The highest BCUT2D eigenvalue weighted by Gasteiger charge is 2.23. The van der Waals surface area contributed by atoms with E-state index in [4.69, 9.17) is 5.11 Å². The van der Waals surface area contributed by atoms with Crippen molar-refractivity contribution in [2.24, 2.45) is 0 Å². The molecule has 0 fully saturated rings. The maximum absolute atomic E-state index is 13.0. The SMILES string of the molecule is CN(c1ccc(F)c(F)c1)C(C)(C)CO. The number of nitrogens with zero attached hydrogens (tertiary/aromatic N) is 1. The highest BCUT2D eigenvalue weighted by Crippen LogP contribution is 2.23. The van der Waals surface area contributed by atoms with Crippen LogP contribution in [0.2, 0.25) is 0 Å². The van der Waals surface area contributed by atoms with E-state index in [1.54, 1.807) is 11.9 Å². The lowest BCUT2D eigenvalue weighted by Gasteiger charge is -2.35. The van der Waals surface area contributed by atoms with Crippen molar-refractivity contribution in [2.45, 2.75) is 19.4 Å². The van der Waals surface area contributed by atoms with Crippen LogP contribution in [0.25, 0.3) is 0 Å². The normalized spacial score (nSPS) is 11.6. The fourth-order valence-corrected chi connectivity index (χ4v) is 1.15. The second-order valence-corrected chi connectivity index (χ2v) is 4.13. The molecule has 2 nitrogen and oxygen atoms in total. The number of benzene rings is 1. The van der Waals surface area contributed by atoms with Gasteiger partial charge in [0.15, 0.2) is 11.6 Å². The van der Waals surface area contributed by atoms with Crippen molar-refractivity contribution in [3.8, 4) is 0 Å². The van der Waals surface area contributed by atoms with Gasteiger partial charge in [-0.2, -0.15) is 0 Å². The minimum absolute atomic E-state index is 0.0670. The van der Waals surface area contributed by atoms with Gasteiger partial charge in [0.2, 0.25) is 0 Å². The van der Waals surface area contributed by atoms with Crippen molar-refractivity contribution in [3.63, 3.8) is 0 Å². The molecular weight excluding hydrogens is 200 g/mol. The summed E-state index contributed by atoms with van der Waals surface area (Å²) < 4.78 is 25.7. The van der Waals surface area contributed by atoms with Gasteiger partial charge >= 0.3 is 0 Å². The van der Waals surface area contributed by atoms with Crippen LogP contribution in [0, 0.1) is 11.6 Å². The van der Waals surface area contributed by atoms with Gasteiger partial charge in [0.25, 0.3) is 0 Å². The molecule has 0 radical (unpaired) electrons. The summed E-state index contributed by atoms with van der Waals surface area (Å²) >= 11 is 0. The van der Waals surface area contributed by atoms with Crippen LogP contribution >= 0.6 is 0 Å². The second kappa shape index (κ2) is 4.14. The van der Waals surface area contributed by atoms with Crippen LogP contribution < -0.4 is 4.90 Å². The molecule has 0 aromatic heterocycles. The van der Waals surface area contributed by atoms with Gasteiger partial charge in [0.1, 0.15) is 0 Å². The van der Waals surface area contributed by atoms with Gasteiger partial charge < -0.3 is 10.0 Å². The predicted molar refractivity (Wildman–Crippen MR) is 55.9 cm³/mol. The smallest absolute Gasteiger partial charge is 0.160 e. The quantitative estimate of drug-likeness (QED) is 0.835. The Kier molecular flexibility index (Phi) is 3.29. The van der Waals surface area contributed by atoms with Gasteiger partial charge in [-0.1, -0.05) is 0 Å². The first-order chi connectivity index (χ1) is 6.88. The summed E-state index contributed by atoms with van der Waals surface area (Å²) in [7, 11) is 1.73. The molecule has 1 aromatic carbocycles. The van der Waals surface area contributed by atoms with Gasteiger partial charge in [-0.3, -0.25) is 0 Å². The van der Waals surface area contributed by atoms with Crippen LogP contribution in [0.15, 0.2) is 18.2 Å². The number of aliphatic hydroxyl groups excluding tert-OH is 1. The zero-order valence-electron chi connectivity index (χ0n) is 9.09. The van der Waals surface area contributed by atoms with E-state index in [-0.39, 0.29) is 6.61 Å². The summed E-state index contributed by atoms with van der Waals surface area (Å²) in [6.45, 7) is 3.56. The van der Waals surface area contributed by atoms with Crippen LogP contribution in [0.5, 0.6) is 0 Å². The Labute approximate surface area is 88.1 Å². The van der Waals surface area contributed by atoms with E-state index in [1.807, 2.05) is 13.8 Å². The summed E-state index contributed by atoms with van der Waals surface area (Å²) in [4.78, 5) is 1.70. The van der Waals surface area contributed by atoms with Gasteiger partial charge in [-0.15, -0.1) is 0 Å². The molecule has 0 aliphatic rings. The monoisotopic (exact) mass is 215 g/mol. The first-order valence-corrected chi connectivity index (χ1v) is 4.68. The average Bonchev–Trinajstić information content (AvgIpc) is 2.21. The number of halogens is 2. The average molecular weight is 215 g/mol. The first-order valence-electron chi connectivity index (χ1n) is 4.68. The minimum Gasteiger partial charge on any atom is -0.394 e. The molecule has 0 saturated carbocycles. The van der Waals surface area contributed by atoms with Crippen LogP contribution in [0.1, 0.15) is 13.8 Å². The highest BCUT2D eigenvalue weighted by atomic mass is 19.2. The predicted octanol–water partition coefficient (Wildman–Crippen LogP) is 2.17. The highest BCUT2D eigenvalue weighted by molar-refractivity contribution is 5.48. The Morgan fingerprint density at radius 2 is 1.87 bits per heavy atom. The van der Waals surface area contributed by atoms with Gasteiger partial charge in [0.05, 0.1) is 12.1 Å².